The lowest BCUT2D eigenvalue weighted by Crippen LogP contribution is -2.40. The summed E-state index contributed by atoms with van der Waals surface area (Å²) < 4.78 is 29.5. The number of likely N-dealkylation sites (tertiary alicyclic amines) is 1. The van der Waals surface area contributed by atoms with Gasteiger partial charge in [-0.15, -0.1) is 0 Å². The summed E-state index contributed by atoms with van der Waals surface area (Å²) in [7, 11) is 0. The summed E-state index contributed by atoms with van der Waals surface area (Å²) in [6.07, 6.45) is 1.76. The van der Waals surface area contributed by atoms with E-state index >= 15 is 0 Å². The van der Waals surface area contributed by atoms with Gasteiger partial charge in [0, 0.05) is 19.7 Å². The van der Waals surface area contributed by atoms with E-state index in [4.69, 9.17) is 9.52 Å². The van der Waals surface area contributed by atoms with Gasteiger partial charge in [0.15, 0.2) is 5.76 Å². The molecule has 1 atom stereocenters. The summed E-state index contributed by atoms with van der Waals surface area (Å²) in [5.41, 5.74) is 0. The number of alkyl halides is 2. The quantitative estimate of drug-likeness (QED) is 0.908. The third-order valence-corrected chi connectivity index (χ3v) is 3.99. The number of hydrogen-bond acceptors (Lipinski definition) is 4. The molecule has 1 aromatic heterocycles. The van der Waals surface area contributed by atoms with Crippen molar-refractivity contribution in [3.63, 3.8) is 0 Å². The van der Waals surface area contributed by atoms with E-state index in [0.29, 0.717) is 30.6 Å². The molecule has 0 aromatic carbocycles. The van der Waals surface area contributed by atoms with Crippen LogP contribution in [0.3, 0.4) is 0 Å². The van der Waals surface area contributed by atoms with E-state index in [9.17, 15) is 13.6 Å². The fraction of sp³-hybridized carbons (Fsp3) is 0.615. The van der Waals surface area contributed by atoms with Gasteiger partial charge in [-0.3, -0.25) is 4.79 Å². The highest BCUT2D eigenvalue weighted by Crippen LogP contribution is 2.23. The monoisotopic (exact) mass is 305 g/mol. The Morgan fingerprint density at radius 2 is 2.35 bits per heavy atom. The van der Waals surface area contributed by atoms with Crippen LogP contribution in [0.2, 0.25) is 0 Å². The normalized spacial score (nSPS) is 19.6. The molecule has 1 amide bonds. The van der Waals surface area contributed by atoms with E-state index in [-0.39, 0.29) is 29.9 Å². The van der Waals surface area contributed by atoms with Gasteiger partial charge in [0.2, 0.25) is 0 Å². The van der Waals surface area contributed by atoms with Crippen molar-refractivity contribution in [3.05, 3.63) is 23.7 Å². The van der Waals surface area contributed by atoms with E-state index < -0.39 is 5.76 Å². The third-order valence-electron chi connectivity index (χ3n) is 3.29. The summed E-state index contributed by atoms with van der Waals surface area (Å²) >= 11 is 0.464. The molecule has 1 saturated heterocycles. The molecule has 0 bridgehead atoms. The molecule has 0 saturated carbocycles. The smallest absolute Gasteiger partial charge is 0.289 e. The van der Waals surface area contributed by atoms with E-state index in [1.807, 2.05) is 0 Å². The number of piperidine rings is 1. The predicted molar refractivity (Wildman–Crippen MR) is 71.7 cm³/mol. The lowest BCUT2D eigenvalue weighted by Gasteiger charge is -2.31. The van der Waals surface area contributed by atoms with Crippen molar-refractivity contribution < 1.29 is 23.1 Å². The number of amides is 1. The topological polar surface area (TPSA) is 53.7 Å². The van der Waals surface area contributed by atoms with Gasteiger partial charge in [0.1, 0.15) is 5.76 Å². The zero-order chi connectivity index (χ0) is 14.5. The highest BCUT2D eigenvalue weighted by molar-refractivity contribution is 7.98. The van der Waals surface area contributed by atoms with Crippen LogP contribution in [0.5, 0.6) is 0 Å². The molecule has 0 radical (unpaired) electrons. The summed E-state index contributed by atoms with van der Waals surface area (Å²) in [6.45, 7) is 1.21. The van der Waals surface area contributed by atoms with Crippen molar-refractivity contribution in [2.24, 2.45) is 5.92 Å². The minimum Gasteiger partial charge on any atom is -0.455 e. The Labute approximate surface area is 120 Å². The SMILES string of the molecule is O=C(c1ccc(CSC(F)F)o1)N1CCCC(CO)C1. The van der Waals surface area contributed by atoms with E-state index in [1.54, 1.807) is 11.0 Å². The number of hydrogen-bond donors (Lipinski definition) is 1. The van der Waals surface area contributed by atoms with Crippen molar-refractivity contribution in [2.75, 3.05) is 19.7 Å². The second-order valence-corrected chi connectivity index (χ2v) is 5.76. The first-order valence-corrected chi connectivity index (χ1v) is 7.53. The number of carbonyl (C=O) groups excluding carboxylic acids is 1. The first-order chi connectivity index (χ1) is 9.60. The van der Waals surface area contributed by atoms with Gasteiger partial charge < -0.3 is 14.4 Å². The minimum absolute atomic E-state index is 0.0458. The van der Waals surface area contributed by atoms with Crippen molar-refractivity contribution in [1.82, 2.24) is 4.90 Å². The van der Waals surface area contributed by atoms with Gasteiger partial charge >= 0.3 is 0 Å². The zero-order valence-corrected chi connectivity index (χ0v) is 11.7. The van der Waals surface area contributed by atoms with Crippen LogP contribution in [0.15, 0.2) is 16.5 Å². The number of thioether (sulfide) groups is 1. The molecule has 112 valence electrons. The van der Waals surface area contributed by atoms with Gasteiger partial charge in [-0.1, -0.05) is 11.8 Å². The number of rotatable bonds is 5. The molecule has 0 spiro atoms. The Hall–Kier alpha value is -1.08. The minimum atomic E-state index is -2.45. The molecule has 1 unspecified atom stereocenters. The molecule has 1 N–H and O–H groups in total. The molecule has 4 nitrogen and oxygen atoms in total. The van der Waals surface area contributed by atoms with Crippen molar-refractivity contribution in [1.29, 1.82) is 0 Å². The first kappa shape index (κ1) is 15.3. The Morgan fingerprint density at radius 1 is 1.55 bits per heavy atom. The van der Waals surface area contributed by atoms with E-state index in [1.165, 1.54) is 6.07 Å². The first-order valence-electron chi connectivity index (χ1n) is 6.48. The molecule has 2 heterocycles. The van der Waals surface area contributed by atoms with Gasteiger partial charge in [0.05, 0.1) is 5.75 Å². The van der Waals surface area contributed by atoms with Crippen LogP contribution in [-0.2, 0) is 5.75 Å². The Kier molecular flexibility index (Phi) is 5.42. The van der Waals surface area contributed by atoms with Gasteiger partial charge in [0.25, 0.3) is 11.7 Å². The maximum absolute atomic E-state index is 12.2. The summed E-state index contributed by atoms with van der Waals surface area (Å²) in [5, 5.41) is 9.15. The van der Waals surface area contributed by atoms with Crippen molar-refractivity contribution >= 4 is 17.7 Å². The molecule has 1 aliphatic rings. The number of furan rings is 1. The fourth-order valence-electron chi connectivity index (χ4n) is 2.27. The molecule has 7 heteroatoms. The van der Waals surface area contributed by atoms with E-state index in [2.05, 4.69) is 0 Å². The molecule has 1 aliphatic heterocycles. The number of aliphatic hydroxyl groups is 1. The molecule has 20 heavy (non-hydrogen) atoms. The predicted octanol–water partition coefficient (Wildman–Crippen LogP) is 2.58. The molecule has 1 aromatic rings. The van der Waals surface area contributed by atoms with Gasteiger partial charge in [-0.05, 0) is 30.9 Å². The maximum Gasteiger partial charge on any atom is 0.289 e. The van der Waals surface area contributed by atoms with Crippen LogP contribution in [0, 0.1) is 5.92 Å². The van der Waals surface area contributed by atoms with Crippen LogP contribution in [0.25, 0.3) is 0 Å². The molecular formula is C13H17F2NO3S. The second kappa shape index (κ2) is 7.08. The van der Waals surface area contributed by atoms with Gasteiger partial charge in [-0.25, -0.2) is 0 Å². The zero-order valence-electron chi connectivity index (χ0n) is 10.9. The van der Waals surface area contributed by atoms with E-state index in [0.717, 1.165) is 12.8 Å². The standard InChI is InChI=1S/C13H17F2NO3S/c14-13(15)20-8-10-3-4-11(19-10)12(18)16-5-1-2-9(6-16)7-17/h3-4,9,13,17H,1-2,5-8H2. The van der Waals surface area contributed by atoms with Crippen LogP contribution in [0.4, 0.5) is 8.78 Å². The number of halogens is 2. The fourth-order valence-corrected chi connectivity index (χ4v) is 2.72. The third kappa shape index (κ3) is 3.96. The van der Waals surface area contributed by atoms with Crippen molar-refractivity contribution in [3.8, 4) is 0 Å². The number of carbonyl (C=O) groups is 1. The highest BCUT2D eigenvalue weighted by Gasteiger charge is 2.25. The second-order valence-electron chi connectivity index (χ2n) is 4.78. The van der Waals surface area contributed by atoms with Crippen molar-refractivity contribution in [2.45, 2.75) is 24.4 Å². The Morgan fingerprint density at radius 3 is 3.05 bits per heavy atom. The maximum atomic E-state index is 12.2. The Bertz CT molecular complexity index is 453. The average molecular weight is 305 g/mol. The highest BCUT2D eigenvalue weighted by atomic mass is 32.2. The molecule has 0 aliphatic carbocycles. The number of nitrogens with zero attached hydrogens (tertiary/aromatic N) is 1. The summed E-state index contributed by atoms with van der Waals surface area (Å²) in [6, 6.07) is 3.07. The Balaban J connectivity index is 1.95. The summed E-state index contributed by atoms with van der Waals surface area (Å²) in [5.74, 6) is -1.99. The largest absolute Gasteiger partial charge is 0.455 e. The lowest BCUT2D eigenvalue weighted by atomic mass is 9.99. The van der Waals surface area contributed by atoms with Crippen LogP contribution >= 0.6 is 11.8 Å². The van der Waals surface area contributed by atoms with Crippen LogP contribution in [-0.4, -0.2) is 41.4 Å². The average Bonchev–Trinajstić information content (AvgIpc) is 2.93. The molecule has 2 rings (SSSR count). The lowest BCUT2D eigenvalue weighted by molar-refractivity contribution is 0.0589. The molecule has 1 fully saturated rings. The summed E-state index contributed by atoms with van der Waals surface area (Å²) in [4.78, 5) is 13.9. The number of aliphatic hydroxyl groups excluding tert-OH is 1. The van der Waals surface area contributed by atoms with Crippen LogP contribution < -0.4 is 0 Å². The van der Waals surface area contributed by atoms with Gasteiger partial charge in [-0.2, -0.15) is 8.78 Å². The molecular weight excluding hydrogens is 288 g/mol. The van der Waals surface area contributed by atoms with Crippen LogP contribution in [0.1, 0.15) is 29.2 Å².